The Kier molecular flexibility index (Phi) is 8.99. The van der Waals surface area contributed by atoms with Crippen LogP contribution in [0.4, 0.5) is 0 Å². The molecule has 0 atom stereocenters. The lowest BCUT2D eigenvalue weighted by atomic mass is 9.93. The van der Waals surface area contributed by atoms with E-state index in [-0.39, 0.29) is 12.1 Å². The highest BCUT2D eigenvalue weighted by molar-refractivity contribution is 9.10. The topological polar surface area (TPSA) is 49.9 Å². The van der Waals surface area contributed by atoms with Crippen LogP contribution in [0, 0.1) is 0 Å². The first-order valence-electron chi connectivity index (χ1n) is 11.0. The molecule has 5 nitrogen and oxygen atoms in total. The van der Waals surface area contributed by atoms with Gasteiger partial charge in [-0.05, 0) is 88.8 Å². The Hall–Kier alpha value is -0.470. The fourth-order valence-electron chi connectivity index (χ4n) is 4.19. The van der Waals surface area contributed by atoms with Gasteiger partial charge in [0.1, 0.15) is 0 Å². The van der Waals surface area contributed by atoms with Crippen molar-refractivity contribution in [2.24, 2.45) is 0 Å². The van der Waals surface area contributed by atoms with Crippen LogP contribution in [0.1, 0.15) is 57.8 Å². The van der Waals surface area contributed by atoms with Crippen LogP contribution in [0.2, 0.25) is 0 Å². The van der Waals surface area contributed by atoms with Gasteiger partial charge in [-0.25, -0.2) is 8.42 Å². The molecule has 0 bridgehead atoms. The van der Waals surface area contributed by atoms with E-state index in [1.165, 1.54) is 45.3 Å². The van der Waals surface area contributed by atoms with Crippen molar-refractivity contribution in [3.63, 3.8) is 0 Å². The summed E-state index contributed by atoms with van der Waals surface area (Å²) in [6.45, 7) is 4.70. The molecular formula is C22H35BrN2O3S. The summed E-state index contributed by atoms with van der Waals surface area (Å²) in [5.41, 5.74) is 0. The summed E-state index contributed by atoms with van der Waals surface area (Å²) in [4.78, 5) is 2.89. The molecule has 1 heterocycles. The number of ether oxygens (including phenoxy) is 1. The molecule has 1 aromatic carbocycles. The molecule has 1 aromatic rings. The lowest BCUT2D eigenvalue weighted by Crippen LogP contribution is -2.40. The maximum absolute atomic E-state index is 12.9. The molecule has 1 aliphatic heterocycles. The Morgan fingerprint density at radius 2 is 1.69 bits per heavy atom. The number of halogens is 1. The molecule has 0 aromatic heterocycles. The zero-order chi connectivity index (χ0) is 20.7. The van der Waals surface area contributed by atoms with E-state index in [0.717, 1.165) is 43.2 Å². The number of rotatable bonds is 11. The second kappa shape index (κ2) is 11.2. The van der Waals surface area contributed by atoms with Crippen LogP contribution in [-0.2, 0) is 14.8 Å². The van der Waals surface area contributed by atoms with Crippen LogP contribution in [0.15, 0.2) is 33.6 Å². The van der Waals surface area contributed by atoms with Crippen molar-refractivity contribution >= 4 is 26.0 Å². The smallest absolute Gasteiger partial charge is 0.243 e. The molecule has 0 unspecified atom stereocenters. The number of nitrogens with zero attached hydrogens (tertiary/aromatic N) is 2. The fourth-order valence-corrected chi connectivity index (χ4v) is 5.87. The average Bonchev–Trinajstić information content (AvgIpc) is 2.69. The lowest BCUT2D eigenvalue weighted by Gasteiger charge is -2.34. The van der Waals surface area contributed by atoms with E-state index in [2.05, 4.69) is 20.8 Å². The second-order valence-corrected chi connectivity index (χ2v) is 11.3. The molecule has 3 rings (SSSR count). The number of hydrogen-bond acceptors (Lipinski definition) is 4. The Bertz CT molecular complexity index is 714. The van der Waals surface area contributed by atoms with E-state index < -0.39 is 10.0 Å². The summed E-state index contributed by atoms with van der Waals surface area (Å²) < 4.78 is 34.2. The molecule has 2 aliphatic rings. The Labute approximate surface area is 185 Å². The zero-order valence-electron chi connectivity index (χ0n) is 17.6. The quantitative estimate of drug-likeness (QED) is 0.426. The van der Waals surface area contributed by atoms with E-state index in [1.54, 1.807) is 35.6 Å². The maximum atomic E-state index is 12.9. The molecule has 0 spiro atoms. The second-order valence-electron chi connectivity index (χ2n) is 8.39. The molecule has 7 heteroatoms. The predicted octanol–water partition coefficient (Wildman–Crippen LogP) is 4.66. The number of hydrogen-bond donors (Lipinski definition) is 0. The number of benzene rings is 1. The van der Waals surface area contributed by atoms with Gasteiger partial charge in [0.2, 0.25) is 10.0 Å². The Morgan fingerprint density at radius 1 is 1.03 bits per heavy atom. The van der Waals surface area contributed by atoms with Gasteiger partial charge >= 0.3 is 0 Å². The van der Waals surface area contributed by atoms with Crippen molar-refractivity contribution in [2.75, 3.05) is 33.3 Å². The van der Waals surface area contributed by atoms with Gasteiger partial charge in [-0.3, -0.25) is 0 Å². The predicted molar refractivity (Wildman–Crippen MR) is 121 cm³/mol. The van der Waals surface area contributed by atoms with Crippen molar-refractivity contribution in [3.8, 4) is 0 Å². The van der Waals surface area contributed by atoms with Gasteiger partial charge in [0, 0.05) is 24.2 Å². The summed E-state index contributed by atoms with van der Waals surface area (Å²) >= 11 is 3.36. The fraction of sp³-hybridized carbons (Fsp3) is 0.727. The minimum Gasteiger partial charge on any atom is -0.378 e. The summed E-state index contributed by atoms with van der Waals surface area (Å²) in [7, 11) is -1.73. The van der Waals surface area contributed by atoms with Crippen molar-refractivity contribution in [1.82, 2.24) is 9.21 Å². The average molecular weight is 488 g/mol. The molecule has 0 amide bonds. The SMILES string of the molecule is CN(C1CCC(OCCCCCCN2CCC2)CC1)S(=O)(=O)c1ccc(Br)cc1. The minimum atomic E-state index is -3.44. The summed E-state index contributed by atoms with van der Waals surface area (Å²) in [5.74, 6) is 0. The number of unbranched alkanes of at least 4 members (excludes halogenated alkanes) is 3. The Balaban J connectivity index is 1.31. The molecule has 0 radical (unpaired) electrons. The lowest BCUT2D eigenvalue weighted by molar-refractivity contribution is 0.0156. The highest BCUT2D eigenvalue weighted by Crippen LogP contribution is 2.28. The van der Waals surface area contributed by atoms with E-state index in [0.29, 0.717) is 4.90 Å². The minimum absolute atomic E-state index is 0.0602. The first-order valence-corrected chi connectivity index (χ1v) is 13.3. The van der Waals surface area contributed by atoms with E-state index in [1.807, 2.05) is 0 Å². The van der Waals surface area contributed by atoms with Gasteiger partial charge in [0.05, 0.1) is 11.0 Å². The van der Waals surface area contributed by atoms with E-state index >= 15 is 0 Å². The van der Waals surface area contributed by atoms with Gasteiger partial charge in [0.15, 0.2) is 0 Å². The maximum Gasteiger partial charge on any atom is 0.243 e. The van der Waals surface area contributed by atoms with E-state index in [9.17, 15) is 8.42 Å². The van der Waals surface area contributed by atoms with Gasteiger partial charge < -0.3 is 9.64 Å². The molecule has 2 fully saturated rings. The first-order chi connectivity index (χ1) is 14.0. The first kappa shape index (κ1) is 23.2. The molecule has 164 valence electrons. The summed E-state index contributed by atoms with van der Waals surface area (Å²) in [6, 6.07) is 6.93. The molecule has 29 heavy (non-hydrogen) atoms. The third-order valence-corrected chi connectivity index (χ3v) is 8.77. The number of likely N-dealkylation sites (tertiary alicyclic amines) is 1. The monoisotopic (exact) mass is 486 g/mol. The van der Waals surface area contributed by atoms with Gasteiger partial charge in [-0.1, -0.05) is 28.8 Å². The van der Waals surface area contributed by atoms with Crippen LogP contribution >= 0.6 is 15.9 Å². The van der Waals surface area contributed by atoms with Gasteiger partial charge in [0.25, 0.3) is 0 Å². The van der Waals surface area contributed by atoms with Crippen LogP contribution < -0.4 is 0 Å². The van der Waals surface area contributed by atoms with Crippen molar-refractivity contribution in [2.45, 2.75) is 74.8 Å². The van der Waals surface area contributed by atoms with Gasteiger partial charge in [-0.15, -0.1) is 0 Å². The van der Waals surface area contributed by atoms with Crippen LogP contribution in [0.5, 0.6) is 0 Å². The summed E-state index contributed by atoms with van der Waals surface area (Å²) in [6.07, 6.45) is 10.3. The van der Waals surface area contributed by atoms with Crippen LogP contribution in [0.3, 0.4) is 0 Å². The number of sulfonamides is 1. The molecular weight excluding hydrogens is 452 g/mol. The summed E-state index contributed by atoms with van der Waals surface area (Å²) in [5, 5.41) is 0. The highest BCUT2D eigenvalue weighted by atomic mass is 79.9. The third-order valence-electron chi connectivity index (χ3n) is 6.32. The Morgan fingerprint density at radius 3 is 2.31 bits per heavy atom. The molecule has 1 aliphatic carbocycles. The van der Waals surface area contributed by atoms with Crippen molar-refractivity contribution in [1.29, 1.82) is 0 Å². The largest absolute Gasteiger partial charge is 0.378 e. The molecule has 0 N–H and O–H groups in total. The van der Waals surface area contributed by atoms with Gasteiger partial charge in [-0.2, -0.15) is 4.31 Å². The third kappa shape index (κ3) is 6.76. The normalized spacial score (nSPS) is 23.3. The van der Waals surface area contributed by atoms with Crippen molar-refractivity contribution in [3.05, 3.63) is 28.7 Å². The van der Waals surface area contributed by atoms with E-state index in [4.69, 9.17) is 4.74 Å². The van der Waals surface area contributed by atoms with Crippen molar-refractivity contribution < 1.29 is 13.2 Å². The van der Waals surface area contributed by atoms with Crippen LogP contribution in [0.25, 0.3) is 0 Å². The zero-order valence-corrected chi connectivity index (χ0v) is 20.0. The highest BCUT2D eigenvalue weighted by Gasteiger charge is 2.31. The molecule has 1 saturated heterocycles. The van der Waals surface area contributed by atoms with Crippen LogP contribution in [-0.4, -0.2) is 63.1 Å². The standard InChI is InChI=1S/C22H35BrN2O3S/c1-24(29(26,27)22-13-7-19(23)8-14-22)20-9-11-21(12-10-20)28-18-5-3-2-4-15-25-16-6-17-25/h7-8,13-14,20-21H,2-6,9-12,15-18H2,1H3. The molecule has 1 saturated carbocycles.